The minimum absolute atomic E-state index is 0.103. The van der Waals surface area contributed by atoms with Gasteiger partial charge in [0.1, 0.15) is 0 Å². The summed E-state index contributed by atoms with van der Waals surface area (Å²) >= 11 is 1.74. The molecule has 1 aromatic heterocycles. The van der Waals surface area contributed by atoms with E-state index in [1.807, 2.05) is 29.2 Å². The van der Waals surface area contributed by atoms with Gasteiger partial charge in [-0.05, 0) is 17.7 Å². The zero-order valence-electron chi connectivity index (χ0n) is 16.7. The van der Waals surface area contributed by atoms with Crippen LogP contribution >= 0.6 is 11.3 Å². The third kappa shape index (κ3) is 5.15. The topological polar surface area (TPSA) is 45.7 Å². The molecule has 146 valence electrons. The van der Waals surface area contributed by atoms with E-state index in [1.54, 1.807) is 18.4 Å². The molecule has 0 N–H and O–H groups in total. The van der Waals surface area contributed by atoms with Crippen LogP contribution in [-0.4, -0.2) is 54.0 Å². The molecule has 1 saturated heterocycles. The van der Waals surface area contributed by atoms with E-state index in [-0.39, 0.29) is 11.3 Å². The molecule has 1 aromatic carbocycles. The summed E-state index contributed by atoms with van der Waals surface area (Å²) < 4.78 is 5.16. The van der Waals surface area contributed by atoms with Gasteiger partial charge in [-0.1, -0.05) is 32.9 Å². The normalized spacial score (nSPS) is 15.9. The Morgan fingerprint density at radius 1 is 1.22 bits per heavy atom. The van der Waals surface area contributed by atoms with Crippen LogP contribution in [0.25, 0.3) is 0 Å². The number of carbonyl (C=O) groups excluding carboxylic acids is 1. The van der Waals surface area contributed by atoms with E-state index in [0.717, 1.165) is 49.5 Å². The monoisotopic (exact) mass is 387 g/mol. The summed E-state index contributed by atoms with van der Waals surface area (Å²) in [6.45, 7) is 11.2. The zero-order chi connectivity index (χ0) is 19.4. The number of carbonyl (C=O) groups is 1. The van der Waals surface area contributed by atoms with E-state index in [1.165, 1.54) is 5.01 Å². The SMILES string of the molecule is COCc1cccc(C(=O)N2CCN(Cc3csc(C(C)(C)C)n3)CC2)c1. The summed E-state index contributed by atoms with van der Waals surface area (Å²) in [4.78, 5) is 21.9. The fraction of sp³-hybridized carbons (Fsp3) is 0.524. The summed E-state index contributed by atoms with van der Waals surface area (Å²) in [5.41, 5.74) is 3.01. The Balaban J connectivity index is 1.55. The zero-order valence-corrected chi connectivity index (χ0v) is 17.5. The van der Waals surface area contributed by atoms with Crippen molar-refractivity contribution in [1.29, 1.82) is 0 Å². The molecule has 0 bridgehead atoms. The van der Waals surface area contributed by atoms with Crippen LogP contribution < -0.4 is 0 Å². The quantitative estimate of drug-likeness (QED) is 0.787. The fourth-order valence-corrected chi connectivity index (χ4v) is 4.10. The number of hydrogen-bond donors (Lipinski definition) is 0. The molecule has 0 atom stereocenters. The number of aromatic nitrogens is 1. The summed E-state index contributed by atoms with van der Waals surface area (Å²) in [5, 5.41) is 3.35. The second kappa shape index (κ2) is 8.50. The summed E-state index contributed by atoms with van der Waals surface area (Å²) in [6.07, 6.45) is 0. The molecule has 6 heteroatoms. The standard InChI is InChI=1S/C21H29N3O2S/c1-21(2,3)20-22-18(15-27-20)13-23-8-10-24(11-9-23)19(25)17-7-5-6-16(12-17)14-26-4/h5-7,12,15H,8-11,13-14H2,1-4H3. The molecule has 5 nitrogen and oxygen atoms in total. The minimum Gasteiger partial charge on any atom is -0.380 e. The number of benzene rings is 1. The Hall–Kier alpha value is -1.76. The lowest BCUT2D eigenvalue weighted by Crippen LogP contribution is -2.48. The van der Waals surface area contributed by atoms with E-state index in [4.69, 9.17) is 9.72 Å². The first kappa shape index (κ1) is 20.0. The van der Waals surface area contributed by atoms with Crippen LogP contribution in [0.5, 0.6) is 0 Å². The average Bonchev–Trinajstić information content (AvgIpc) is 3.11. The van der Waals surface area contributed by atoms with Crippen LogP contribution in [0.15, 0.2) is 29.6 Å². The van der Waals surface area contributed by atoms with Gasteiger partial charge in [0.15, 0.2) is 0 Å². The molecule has 27 heavy (non-hydrogen) atoms. The number of ether oxygens (including phenoxy) is 1. The third-order valence-electron chi connectivity index (χ3n) is 4.72. The van der Waals surface area contributed by atoms with Gasteiger partial charge in [0.05, 0.1) is 17.3 Å². The maximum atomic E-state index is 12.8. The molecule has 1 fully saturated rings. The van der Waals surface area contributed by atoms with Crippen molar-refractivity contribution in [3.63, 3.8) is 0 Å². The molecule has 2 aromatic rings. The molecule has 0 spiro atoms. The van der Waals surface area contributed by atoms with Crippen LogP contribution in [0.2, 0.25) is 0 Å². The van der Waals surface area contributed by atoms with E-state index in [0.29, 0.717) is 6.61 Å². The molecule has 0 saturated carbocycles. The summed E-state index contributed by atoms with van der Waals surface area (Å²) in [6, 6.07) is 7.73. The molecule has 2 heterocycles. The lowest BCUT2D eigenvalue weighted by molar-refractivity contribution is 0.0627. The van der Waals surface area contributed by atoms with Gasteiger partial charge in [-0.15, -0.1) is 11.3 Å². The maximum Gasteiger partial charge on any atom is 0.253 e. The van der Waals surface area contributed by atoms with Gasteiger partial charge in [-0.2, -0.15) is 0 Å². The Kier molecular flexibility index (Phi) is 6.29. The van der Waals surface area contributed by atoms with Gasteiger partial charge in [-0.3, -0.25) is 9.69 Å². The average molecular weight is 388 g/mol. The number of hydrogen-bond acceptors (Lipinski definition) is 5. The second-order valence-corrected chi connectivity index (χ2v) is 8.95. The van der Waals surface area contributed by atoms with Crippen LogP contribution in [0.4, 0.5) is 0 Å². The highest BCUT2D eigenvalue weighted by molar-refractivity contribution is 7.09. The number of piperazine rings is 1. The van der Waals surface area contributed by atoms with Crippen molar-refractivity contribution in [2.45, 2.75) is 39.3 Å². The highest BCUT2D eigenvalue weighted by atomic mass is 32.1. The van der Waals surface area contributed by atoms with E-state index in [2.05, 4.69) is 31.1 Å². The molecule has 3 rings (SSSR count). The minimum atomic E-state index is 0.103. The second-order valence-electron chi connectivity index (χ2n) is 8.10. The predicted octanol–water partition coefficient (Wildman–Crippen LogP) is 3.55. The number of amides is 1. The van der Waals surface area contributed by atoms with Gasteiger partial charge in [0.25, 0.3) is 5.91 Å². The molecule has 0 unspecified atom stereocenters. The molecular weight excluding hydrogens is 358 g/mol. The van der Waals surface area contributed by atoms with Crippen molar-refractivity contribution < 1.29 is 9.53 Å². The van der Waals surface area contributed by atoms with Crippen LogP contribution in [0.3, 0.4) is 0 Å². The largest absolute Gasteiger partial charge is 0.380 e. The van der Waals surface area contributed by atoms with Crippen molar-refractivity contribution >= 4 is 17.2 Å². The summed E-state index contributed by atoms with van der Waals surface area (Å²) in [7, 11) is 1.67. The molecule has 1 aliphatic heterocycles. The van der Waals surface area contributed by atoms with Crippen molar-refractivity contribution in [2.75, 3.05) is 33.3 Å². The van der Waals surface area contributed by atoms with Crippen LogP contribution in [-0.2, 0) is 23.3 Å². The number of nitrogens with zero attached hydrogens (tertiary/aromatic N) is 3. The smallest absolute Gasteiger partial charge is 0.253 e. The third-order valence-corrected chi connectivity index (χ3v) is 6.04. The van der Waals surface area contributed by atoms with E-state index >= 15 is 0 Å². The molecule has 0 aliphatic carbocycles. The van der Waals surface area contributed by atoms with Crippen LogP contribution in [0.1, 0.15) is 47.4 Å². The number of thiazole rings is 1. The lowest BCUT2D eigenvalue weighted by Gasteiger charge is -2.34. The lowest BCUT2D eigenvalue weighted by atomic mass is 9.98. The van der Waals surface area contributed by atoms with Crippen LogP contribution in [0, 0.1) is 0 Å². The number of methoxy groups -OCH3 is 1. The van der Waals surface area contributed by atoms with Crippen molar-refractivity contribution in [1.82, 2.24) is 14.8 Å². The van der Waals surface area contributed by atoms with Gasteiger partial charge in [0, 0.05) is 56.2 Å². The van der Waals surface area contributed by atoms with E-state index in [9.17, 15) is 4.79 Å². The van der Waals surface area contributed by atoms with Gasteiger partial charge in [-0.25, -0.2) is 4.98 Å². The molecule has 0 radical (unpaired) electrons. The predicted molar refractivity (Wildman–Crippen MR) is 109 cm³/mol. The molecule has 1 aliphatic rings. The Labute approximate surface area is 166 Å². The highest BCUT2D eigenvalue weighted by Crippen LogP contribution is 2.26. The Morgan fingerprint density at radius 3 is 2.59 bits per heavy atom. The van der Waals surface area contributed by atoms with Gasteiger partial charge < -0.3 is 9.64 Å². The highest BCUT2D eigenvalue weighted by Gasteiger charge is 2.24. The van der Waals surface area contributed by atoms with Crippen molar-refractivity contribution in [3.8, 4) is 0 Å². The van der Waals surface area contributed by atoms with Gasteiger partial charge in [0.2, 0.25) is 0 Å². The first-order valence-corrected chi connectivity index (χ1v) is 10.3. The summed E-state index contributed by atoms with van der Waals surface area (Å²) in [5.74, 6) is 0.108. The van der Waals surface area contributed by atoms with E-state index < -0.39 is 0 Å². The fourth-order valence-electron chi connectivity index (χ4n) is 3.21. The van der Waals surface area contributed by atoms with Gasteiger partial charge >= 0.3 is 0 Å². The first-order chi connectivity index (χ1) is 12.9. The first-order valence-electron chi connectivity index (χ1n) is 9.41. The van der Waals surface area contributed by atoms with Crippen molar-refractivity contribution in [3.05, 3.63) is 51.5 Å². The maximum absolute atomic E-state index is 12.8. The number of rotatable bonds is 5. The molecule has 1 amide bonds. The Morgan fingerprint density at radius 2 is 1.96 bits per heavy atom. The molecular formula is C21H29N3O2S. The Bertz CT molecular complexity index is 774. The van der Waals surface area contributed by atoms with Crippen molar-refractivity contribution in [2.24, 2.45) is 0 Å².